The maximum Gasteiger partial charge on any atom is 0.373 e. The van der Waals surface area contributed by atoms with Gasteiger partial charge in [0.2, 0.25) is 5.76 Å². The molecule has 106 valence electrons. The molecular weight excluding hydrogens is 250 g/mol. The number of hydrogen-bond donors (Lipinski definition) is 2. The van der Waals surface area contributed by atoms with Crippen molar-refractivity contribution in [1.29, 1.82) is 0 Å². The highest BCUT2D eigenvalue weighted by atomic mass is 16.5. The molecule has 6 nitrogen and oxygen atoms in total. The zero-order valence-corrected chi connectivity index (χ0v) is 11.1. The number of hydrogen-bond acceptors (Lipinski definition) is 6. The maximum atomic E-state index is 11.3. The van der Waals surface area contributed by atoms with Crippen molar-refractivity contribution in [2.45, 2.75) is 25.0 Å². The van der Waals surface area contributed by atoms with E-state index < -0.39 is 11.6 Å². The van der Waals surface area contributed by atoms with Crippen LogP contribution in [0.2, 0.25) is 0 Å². The van der Waals surface area contributed by atoms with Crippen LogP contribution in [0.15, 0.2) is 16.5 Å². The Hall–Kier alpha value is -1.37. The van der Waals surface area contributed by atoms with Crippen LogP contribution in [0.5, 0.6) is 0 Å². The Balaban J connectivity index is 2.05. The first kappa shape index (κ1) is 14.0. The molecule has 1 aliphatic heterocycles. The number of morpholine rings is 1. The minimum absolute atomic E-state index is 0.0652. The molecule has 1 aromatic rings. The molecule has 2 unspecified atom stereocenters. The summed E-state index contributed by atoms with van der Waals surface area (Å²) in [6, 6.07) is 3.16. The third-order valence-electron chi connectivity index (χ3n) is 3.17. The van der Waals surface area contributed by atoms with Gasteiger partial charge in [-0.25, -0.2) is 4.79 Å². The molecular formula is C13H19NO5. The SMILES string of the molecule is COC(=O)c1ccc(C(C)(O)CC2COCCN2)o1. The van der Waals surface area contributed by atoms with Crippen molar-refractivity contribution in [1.82, 2.24) is 5.32 Å². The zero-order valence-electron chi connectivity index (χ0n) is 11.1. The lowest BCUT2D eigenvalue weighted by Crippen LogP contribution is -2.45. The zero-order chi connectivity index (χ0) is 13.9. The lowest BCUT2D eigenvalue weighted by Gasteiger charge is -2.30. The van der Waals surface area contributed by atoms with Crippen molar-refractivity contribution < 1.29 is 23.8 Å². The van der Waals surface area contributed by atoms with Crippen LogP contribution < -0.4 is 5.32 Å². The van der Waals surface area contributed by atoms with E-state index in [1.807, 2.05) is 0 Å². The number of methoxy groups -OCH3 is 1. The molecule has 1 saturated heterocycles. The third kappa shape index (κ3) is 3.34. The number of aliphatic hydroxyl groups is 1. The van der Waals surface area contributed by atoms with Gasteiger partial charge in [-0.1, -0.05) is 0 Å². The summed E-state index contributed by atoms with van der Waals surface area (Å²) in [6.45, 7) is 3.67. The Labute approximate surface area is 111 Å². The van der Waals surface area contributed by atoms with Gasteiger partial charge in [0, 0.05) is 19.0 Å². The fraction of sp³-hybridized carbons (Fsp3) is 0.615. The largest absolute Gasteiger partial charge is 0.463 e. The van der Waals surface area contributed by atoms with E-state index in [9.17, 15) is 9.90 Å². The average Bonchev–Trinajstić information content (AvgIpc) is 2.89. The first-order valence-corrected chi connectivity index (χ1v) is 6.25. The molecule has 0 aromatic carbocycles. The first-order chi connectivity index (χ1) is 9.03. The van der Waals surface area contributed by atoms with Crippen molar-refractivity contribution in [3.05, 3.63) is 23.7 Å². The number of rotatable bonds is 4. The second-order valence-electron chi connectivity index (χ2n) is 4.86. The quantitative estimate of drug-likeness (QED) is 0.781. The van der Waals surface area contributed by atoms with Gasteiger partial charge >= 0.3 is 5.97 Å². The monoisotopic (exact) mass is 269 g/mol. The lowest BCUT2D eigenvalue weighted by molar-refractivity contribution is -0.0114. The summed E-state index contributed by atoms with van der Waals surface area (Å²) in [5.41, 5.74) is -1.16. The second-order valence-corrected chi connectivity index (χ2v) is 4.86. The summed E-state index contributed by atoms with van der Waals surface area (Å²) >= 11 is 0. The van der Waals surface area contributed by atoms with Crippen LogP contribution in [-0.4, -0.2) is 44.0 Å². The van der Waals surface area contributed by atoms with E-state index in [2.05, 4.69) is 10.1 Å². The second kappa shape index (κ2) is 5.73. The van der Waals surface area contributed by atoms with Crippen molar-refractivity contribution in [3.63, 3.8) is 0 Å². The smallest absolute Gasteiger partial charge is 0.373 e. The fourth-order valence-corrected chi connectivity index (χ4v) is 2.17. The summed E-state index contributed by atoms with van der Waals surface area (Å²) in [7, 11) is 1.28. The van der Waals surface area contributed by atoms with Crippen molar-refractivity contribution in [2.75, 3.05) is 26.9 Å². The molecule has 1 aromatic heterocycles. The van der Waals surface area contributed by atoms with Crippen LogP contribution >= 0.6 is 0 Å². The normalized spacial score (nSPS) is 22.8. The van der Waals surface area contributed by atoms with Gasteiger partial charge in [-0.15, -0.1) is 0 Å². The number of esters is 1. The lowest BCUT2D eigenvalue weighted by atomic mass is 9.94. The minimum atomic E-state index is -1.16. The van der Waals surface area contributed by atoms with Crippen LogP contribution in [0.25, 0.3) is 0 Å². The van der Waals surface area contributed by atoms with E-state index >= 15 is 0 Å². The number of nitrogens with one attached hydrogen (secondary N) is 1. The molecule has 2 heterocycles. The average molecular weight is 269 g/mol. The molecule has 1 fully saturated rings. The Morgan fingerprint density at radius 1 is 1.63 bits per heavy atom. The van der Waals surface area contributed by atoms with E-state index in [4.69, 9.17) is 9.15 Å². The van der Waals surface area contributed by atoms with E-state index in [0.29, 0.717) is 25.4 Å². The molecule has 0 amide bonds. The molecule has 1 aliphatic rings. The van der Waals surface area contributed by atoms with Gasteiger partial charge in [-0.3, -0.25) is 0 Å². The molecule has 6 heteroatoms. The molecule has 0 spiro atoms. The van der Waals surface area contributed by atoms with Gasteiger partial charge in [0.1, 0.15) is 11.4 Å². The van der Waals surface area contributed by atoms with E-state index in [1.54, 1.807) is 13.0 Å². The standard InChI is InChI=1S/C13H19NO5/c1-13(16,7-9-8-18-6-5-14-9)11-4-3-10(19-11)12(15)17-2/h3-4,9,14,16H,5-8H2,1-2H3. The Bertz CT molecular complexity index is 434. The van der Waals surface area contributed by atoms with Gasteiger partial charge < -0.3 is 24.3 Å². The van der Waals surface area contributed by atoms with Gasteiger partial charge in [-0.05, 0) is 19.1 Å². The molecule has 0 aliphatic carbocycles. The third-order valence-corrected chi connectivity index (χ3v) is 3.17. The first-order valence-electron chi connectivity index (χ1n) is 6.25. The highest BCUT2D eigenvalue weighted by Crippen LogP contribution is 2.28. The van der Waals surface area contributed by atoms with Crippen molar-refractivity contribution in [2.24, 2.45) is 0 Å². The molecule has 0 saturated carbocycles. The fourth-order valence-electron chi connectivity index (χ4n) is 2.17. The molecule has 2 N–H and O–H groups in total. The Morgan fingerprint density at radius 2 is 2.42 bits per heavy atom. The minimum Gasteiger partial charge on any atom is -0.463 e. The number of carbonyl (C=O) groups excluding carboxylic acids is 1. The Kier molecular flexibility index (Phi) is 4.24. The van der Waals surface area contributed by atoms with E-state index in [1.165, 1.54) is 13.2 Å². The van der Waals surface area contributed by atoms with Gasteiger partial charge in [-0.2, -0.15) is 0 Å². The predicted octanol–water partition coefficient (Wildman–Crippen LogP) is 0.652. The highest BCUT2D eigenvalue weighted by molar-refractivity contribution is 5.86. The summed E-state index contributed by atoms with van der Waals surface area (Å²) in [5, 5.41) is 13.7. The van der Waals surface area contributed by atoms with E-state index in [0.717, 1.165) is 6.54 Å². The van der Waals surface area contributed by atoms with Gasteiger partial charge in [0.15, 0.2) is 0 Å². The van der Waals surface area contributed by atoms with Crippen LogP contribution in [0.4, 0.5) is 0 Å². The maximum absolute atomic E-state index is 11.3. The van der Waals surface area contributed by atoms with Crippen molar-refractivity contribution >= 4 is 5.97 Å². The molecule has 2 rings (SSSR count). The van der Waals surface area contributed by atoms with Crippen LogP contribution in [0.1, 0.15) is 29.7 Å². The predicted molar refractivity (Wildman–Crippen MR) is 66.8 cm³/mol. The topological polar surface area (TPSA) is 80.9 Å². The number of carbonyl (C=O) groups is 1. The molecule has 19 heavy (non-hydrogen) atoms. The van der Waals surface area contributed by atoms with Gasteiger partial charge in [0.25, 0.3) is 0 Å². The number of ether oxygens (including phenoxy) is 2. The molecule has 2 atom stereocenters. The number of furan rings is 1. The van der Waals surface area contributed by atoms with Crippen LogP contribution in [0, 0.1) is 0 Å². The molecule has 0 radical (unpaired) electrons. The van der Waals surface area contributed by atoms with Crippen LogP contribution in [0.3, 0.4) is 0 Å². The summed E-state index contributed by atoms with van der Waals surface area (Å²) in [4.78, 5) is 11.3. The highest BCUT2D eigenvalue weighted by Gasteiger charge is 2.32. The summed E-state index contributed by atoms with van der Waals surface area (Å²) in [6.07, 6.45) is 0.446. The molecule has 0 bridgehead atoms. The Morgan fingerprint density at radius 3 is 3.05 bits per heavy atom. The summed E-state index contributed by atoms with van der Waals surface area (Å²) < 4.78 is 15.3. The van der Waals surface area contributed by atoms with E-state index in [-0.39, 0.29) is 11.8 Å². The van der Waals surface area contributed by atoms with Crippen LogP contribution in [-0.2, 0) is 15.1 Å². The van der Waals surface area contributed by atoms with Gasteiger partial charge in [0.05, 0.1) is 20.3 Å². The summed E-state index contributed by atoms with van der Waals surface area (Å²) in [5.74, 6) is -0.118. The van der Waals surface area contributed by atoms with Crippen molar-refractivity contribution in [3.8, 4) is 0 Å².